The fraction of sp³-hybridized carbons (Fsp3) is 0.538. The van der Waals surface area contributed by atoms with Crippen LogP contribution in [-0.2, 0) is 0 Å². The second-order valence-corrected chi connectivity index (χ2v) is 5.46. The maximum atomic E-state index is 10.9. The average molecular weight is 285 g/mol. The molecule has 19 heavy (non-hydrogen) atoms. The quantitative estimate of drug-likeness (QED) is 0.773. The highest BCUT2D eigenvalue weighted by molar-refractivity contribution is 6.33. The molecule has 1 aliphatic carbocycles. The lowest BCUT2D eigenvalue weighted by molar-refractivity contribution is 0.0691. The molecule has 0 atom stereocenters. The Kier molecular flexibility index (Phi) is 4.27. The number of nitrogens with zero attached hydrogens (tertiary/aromatic N) is 1. The maximum Gasteiger partial charge on any atom is 0.356 e. The lowest BCUT2D eigenvalue weighted by atomic mass is 9.87. The molecule has 6 heteroatoms. The molecule has 5 nitrogen and oxygen atoms in total. The van der Waals surface area contributed by atoms with E-state index in [0.717, 1.165) is 25.7 Å². The van der Waals surface area contributed by atoms with Crippen molar-refractivity contribution in [1.29, 1.82) is 0 Å². The van der Waals surface area contributed by atoms with Crippen LogP contribution in [0.15, 0.2) is 12.1 Å². The van der Waals surface area contributed by atoms with Gasteiger partial charge in [0.15, 0.2) is 5.69 Å². The molecular formula is C13H17ClN2O3. The van der Waals surface area contributed by atoms with Crippen LogP contribution in [0.2, 0.25) is 5.02 Å². The summed E-state index contributed by atoms with van der Waals surface area (Å²) in [5.41, 5.74) is -0.263. The predicted molar refractivity (Wildman–Crippen MR) is 72.7 cm³/mol. The molecule has 2 rings (SSSR count). The van der Waals surface area contributed by atoms with Crippen LogP contribution in [0, 0.1) is 5.41 Å². The number of aliphatic hydroxyl groups excluding tert-OH is 1. The zero-order valence-electron chi connectivity index (χ0n) is 10.5. The summed E-state index contributed by atoms with van der Waals surface area (Å²) < 4.78 is 0. The van der Waals surface area contributed by atoms with Gasteiger partial charge in [-0.3, -0.25) is 0 Å². The highest BCUT2D eigenvalue weighted by Gasteiger charge is 2.33. The Labute approximate surface area is 116 Å². The summed E-state index contributed by atoms with van der Waals surface area (Å²) in [4.78, 5) is 14.9. The molecule has 1 fully saturated rings. The van der Waals surface area contributed by atoms with E-state index in [9.17, 15) is 9.90 Å². The van der Waals surface area contributed by atoms with Crippen molar-refractivity contribution in [3.63, 3.8) is 0 Å². The normalized spacial score (nSPS) is 17.4. The van der Waals surface area contributed by atoms with E-state index in [4.69, 9.17) is 16.7 Å². The van der Waals surface area contributed by atoms with Crippen LogP contribution in [0.1, 0.15) is 36.2 Å². The van der Waals surface area contributed by atoms with E-state index >= 15 is 0 Å². The smallest absolute Gasteiger partial charge is 0.356 e. The SMILES string of the molecule is O=C(O)c1nc(NCC2(CO)CCCC2)ccc1Cl. The van der Waals surface area contributed by atoms with Crippen LogP contribution >= 0.6 is 11.6 Å². The first-order valence-electron chi connectivity index (χ1n) is 6.31. The van der Waals surface area contributed by atoms with E-state index in [1.807, 2.05) is 0 Å². The third-order valence-corrected chi connectivity index (χ3v) is 4.00. The van der Waals surface area contributed by atoms with Crippen molar-refractivity contribution in [2.75, 3.05) is 18.5 Å². The number of anilines is 1. The second kappa shape index (κ2) is 5.75. The van der Waals surface area contributed by atoms with Gasteiger partial charge >= 0.3 is 5.97 Å². The van der Waals surface area contributed by atoms with Crippen LogP contribution in [0.4, 0.5) is 5.82 Å². The number of aromatic carboxylic acids is 1. The van der Waals surface area contributed by atoms with Crippen molar-refractivity contribution in [3.05, 3.63) is 22.8 Å². The van der Waals surface area contributed by atoms with Gasteiger partial charge in [-0.1, -0.05) is 24.4 Å². The Morgan fingerprint density at radius 1 is 1.42 bits per heavy atom. The number of aliphatic hydroxyl groups is 1. The minimum atomic E-state index is -1.15. The van der Waals surface area contributed by atoms with E-state index in [-0.39, 0.29) is 22.7 Å². The highest BCUT2D eigenvalue weighted by atomic mass is 35.5. The largest absolute Gasteiger partial charge is 0.476 e. The topological polar surface area (TPSA) is 82.5 Å². The summed E-state index contributed by atoms with van der Waals surface area (Å²) in [6.45, 7) is 0.733. The first kappa shape index (κ1) is 14.1. The molecule has 0 aliphatic heterocycles. The zero-order chi connectivity index (χ0) is 13.9. The number of hydrogen-bond donors (Lipinski definition) is 3. The average Bonchev–Trinajstić information content (AvgIpc) is 2.87. The minimum absolute atomic E-state index is 0.106. The molecule has 0 amide bonds. The third kappa shape index (κ3) is 3.16. The zero-order valence-corrected chi connectivity index (χ0v) is 11.3. The molecular weight excluding hydrogens is 268 g/mol. The number of carboxylic acids is 1. The number of halogens is 1. The fourth-order valence-electron chi connectivity index (χ4n) is 2.48. The predicted octanol–water partition coefficient (Wildman–Crippen LogP) is 2.40. The van der Waals surface area contributed by atoms with Crippen molar-refractivity contribution < 1.29 is 15.0 Å². The summed E-state index contributed by atoms with van der Waals surface area (Å²) in [5, 5.41) is 21.7. The summed E-state index contributed by atoms with van der Waals surface area (Å²) >= 11 is 5.76. The van der Waals surface area contributed by atoms with Gasteiger partial charge < -0.3 is 15.5 Å². The molecule has 1 aromatic heterocycles. The molecule has 0 bridgehead atoms. The number of pyridine rings is 1. The van der Waals surface area contributed by atoms with E-state index in [2.05, 4.69) is 10.3 Å². The Balaban J connectivity index is 2.07. The number of rotatable bonds is 5. The van der Waals surface area contributed by atoms with E-state index in [1.165, 1.54) is 6.07 Å². The molecule has 0 unspecified atom stereocenters. The molecule has 3 N–H and O–H groups in total. The van der Waals surface area contributed by atoms with Crippen molar-refractivity contribution in [1.82, 2.24) is 4.98 Å². The molecule has 1 heterocycles. The minimum Gasteiger partial charge on any atom is -0.476 e. The fourth-order valence-corrected chi connectivity index (χ4v) is 2.67. The van der Waals surface area contributed by atoms with Gasteiger partial charge in [-0.15, -0.1) is 0 Å². The van der Waals surface area contributed by atoms with Gasteiger partial charge in [0.05, 0.1) is 11.6 Å². The molecule has 1 saturated carbocycles. The lowest BCUT2D eigenvalue weighted by Crippen LogP contribution is -2.30. The van der Waals surface area contributed by atoms with Gasteiger partial charge in [0.25, 0.3) is 0 Å². The molecule has 0 aromatic carbocycles. The van der Waals surface area contributed by atoms with Gasteiger partial charge in [-0.05, 0) is 25.0 Å². The van der Waals surface area contributed by atoms with Crippen molar-refractivity contribution in [2.24, 2.45) is 5.41 Å². The number of carbonyl (C=O) groups is 1. The number of hydrogen-bond acceptors (Lipinski definition) is 4. The number of carboxylic acid groups (broad SMARTS) is 1. The van der Waals surface area contributed by atoms with Crippen LogP contribution in [-0.4, -0.2) is 34.3 Å². The summed E-state index contributed by atoms with van der Waals surface area (Å²) in [6.07, 6.45) is 4.21. The van der Waals surface area contributed by atoms with E-state index < -0.39 is 5.97 Å². The summed E-state index contributed by atoms with van der Waals surface area (Å²) in [7, 11) is 0. The van der Waals surface area contributed by atoms with Crippen molar-refractivity contribution >= 4 is 23.4 Å². The van der Waals surface area contributed by atoms with Crippen LogP contribution in [0.25, 0.3) is 0 Å². The molecule has 0 radical (unpaired) electrons. The highest BCUT2D eigenvalue weighted by Crippen LogP contribution is 2.37. The van der Waals surface area contributed by atoms with Crippen molar-refractivity contribution in [2.45, 2.75) is 25.7 Å². The van der Waals surface area contributed by atoms with Gasteiger partial charge in [0, 0.05) is 12.0 Å². The van der Waals surface area contributed by atoms with E-state index in [1.54, 1.807) is 6.07 Å². The Morgan fingerprint density at radius 3 is 2.68 bits per heavy atom. The van der Waals surface area contributed by atoms with Gasteiger partial charge in [-0.25, -0.2) is 9.78 Å². The van der Waals surface area contributed by atoms with Crippen molar-refractivity contribution in [3.8, 4) is 0 Å². The second-order valence-electron chi connectivity index (χ2n) is 5.05. The first-order valence-corrected chi connectivity index (χ1v) is 6.69. The molecule has 0 saturated heterocycles. The standard InChI is InChI=1S/C13H17ClN2O3/c14-9-3-4-10(16-11(9)12(18)19)15-7-13(8-17)5-1-2-6-13/h3-4,17H,1-2,5-8H2,(H,15,16)(H,18,19). The van der Waals surface area contributed by atoms with Gasteiger partial charge in [0.2, 0.25) is 0 Å². The van der Waals surface area contributed by atoms with Crippen LogP contribution in [0.3, 0.4) is 0 Å². The Morgan fingerprint density at radius 2 is 2.11 bits per heavy atom. The molecule has 0 spiro atoms. The van der Waals surface area contributed by atoms with Crippen LogP contribution in [0.5, 0.6) is 0 Å². The molecule has 104 valence electrons. The van der Waals surface area contributed by atoms with Gasteiger partial charge in [0.1, 0.15) is 5.82 Å². The lowest BCUT2D eigenvalue weighted by Gasteiger charge is -2.26. The van der Waals surface area contributed by atoms with Crippen LogP contribution < -0.4 is 5.32 Å². The number of nitrogens with one attached hydrogen (secondary N) is 1. The molecule has 1 aliphatic rings. The molecule has 1 aromatic rings. The Hall–Kier alpha value is -1.33. The maximum absolute atomic E-state index is 10.9. The first-order chi connectivity index (χ1) is 9.06. The van der Waals surface area contributed by atoms with Gasteiger partial charge in [-0.2, -0.15) is 0 Å². The summed E-state index contributed by atoms with van der Waals surface area (Å²) in [6, 6.07) is 3.16. The third-order valence-electron chi connectivity index (χ3n) is 3.69. The monoisotopic (exact) mass is 284 g/mol. The Bertz CT molecular complexity index is 473. The summed E-state index contributed by atoms with van der Waals surface area (Å²) in [5.74, 6) is -0.673. The van der Waals surface area contributed by atoms with E-state index in [0.29, 0.717) is 12.4 Å². The number of aromatic nitrogens is 1.